The van der Waals surface area contributed by atoms with Crippen molar-refractivity contribution in [3.05, 3.63) is 94.9 Å². The Morgan fingerprint density at radius 3 is 2.64 bits per heavy atom. The Morgan fingerprint density at radius 2 is 1.89 bits per heavy atom. The Bertz CT molecular complexity index is 1680. The predicted octanol–water partition coefficient (Wildman–Crippen LogP) is 4.56. The first-order valence-electron chi connectivity index (χ1n) is 15.6. The molecule has 0 unspecified atom stereocenters. The van der Waals surface area contributed by atoms with Crippen molar-refractivity contribution in [1.82, 2.24) is 25.1 Å². The minimum absolute atomic E-state index is 0.0782. The molecule has 3 amide bonds. The fourth-order valence-electron chi connectivity index (χ4n) is 6.78. The first-order chi connectivity index (χ1) is 21.8. The number of nitrogens with zero attached hydrogens (tertiary/aromatic N) is 4. The monoisotopic (exact) mass is 626 g/mol. The second kappa shape index (κ2) is 13.4. The standard InChI is InChI=1S/C35H39ClN6O3/c1-40(2)21-23-16-26-17-28(36)9-10-32(26)42(22-23)35(45)31(18-27-20-38-30-8-4-3-7-29(27)30)39-33(43)24-11-14-41(15-12-24)34(44)25-6-5-13-37-19-25/h3-10,13,17,19-20,23-24,31,38H,11-12,14-16,18,21-22H2,1-2H3,(H,39,43)/t23-,31-/m1/s1. The molecule has 2 atom stereocenters. The van der Waals surface area contributed by atoms with Crippen molar-refractivity contribution in [1.29, 1.82) is 0 Å². The molecule has 1 fully saturated rings. The fraction of sp³-hybridized carbons (Fsp3) is 0.371. The van der Waals surface area contributed by atoms with E-state index in [1.165, 1.54) is 0 Å². The molecular formula is C35H39ClN6O3. The van der Waals surface area contributed by atoms with Gasteiger partial charge in [0.05, 0.1) is 5.56 Å². The average molecular weight is 627 g/mol. The number of pyridine rings is 1. The summed E-state index contributed by atoms with van der Waals surface area (Å²) >= 11 is 6.39. The number of nitrogens with one attached hydrogen (secondary N) is 2. The normalized spacial score (nSPS) is 17.7. The van der Waals surface area contributed by atoms with E-state index in [4.69, 9.17) is 11.6 Å². The Kier molecular flexibility index (Phi) is 9.19. The van der Waals surface area contributed by atoms with Gasteiger partial charge >= 0.3 is 0 Å². The van der Waals surface area contributed by atoms with Crippen LogP contribution in [-0.2, 0) is 22.4 Å². The molecule has 0 radical (unpaired) electrons. The first-order valence-corrected chi connectivity index (χ1v) is 15.9. The van der Waals surface area contributed by atoms with Crippen LogP contribution in [0.4, 0.5) is 5.69 Å². The number of rotatable bonds is 8. The SMILES string of the molecule is CN(C)C[C@H]1Cc2cc(Cl)ccc2N(C(=O)[C@@H](Cc2c[nH]c3ccccc23)NC(=O)C2CCN(C(=O)c3cccnc3)CC2)C1. The van der Waals surface area contributed by atoms with Gasteiger partial charge in [-0.25, -0.2) is 0 Å². The summed E-state index contributed by atoms with van der Waals surface area (Å²) in [6.45, 7) is 2.32. The largest absolute Gasteiger partial charge is 0.361 e. The van der Waals surface area contributed by atoms with Gasteiger partial charge in [-0.3, -0.25) is 19.4 Å². The quantitative estimate of drug-likeness (QED) is 0.299. The number of anilines is 1. The van der Waals surface area contributed by atoms with Crippen molar-refractivity contribution in [3.8, 4) is 0 Å². The molecule has 2 N–H and O–H groups in total. The number of fused-ring (bicyclic) bond motifs is 2. The van der Waals surface area contributed by atoms with Gasteiger partial charge in [0.15, 0.2) is 0 Å². The van der Waals surface area contributed by atoms with Gasteiger partial charge in [0.25, 0.3) is 5.91 Å². The highest BCUT2D eigenvalue weighted by Crippen LogP contribution is 2.33. The van der Waals surface area contributed by atoms with Gasteiger partial charge in [0.1, 0.15) is 6.04 Å². The minimum Gasteiger partial charge on any atom is -0.361 e. The van der Waals surface area contributed by atoms with Crippen molar-refractivity contribution in [2.24, 2.45) is 11.8 Å². The lowest BCUT2D eigenvalue weighted by Crippen LogP contribution is -2.54. The number of benzene rings is 2. The molecule has 0 saturated carbocycles. The van der Waals surface area contributed by atoms with Crippen molar-refractivity contribution in [3.63, 3.8) is 0 Å². The number of para-hydroxylation sites is 1. The molecule has 6 rings (SSSR count). The molecule has 1 saturated heterocycles. The Balaban J connectivity index is 1.23. The number of carbonyl (C=O) groups is 3. The summed E-state index contributed by atoms with van der Waals surface area (Å²) in [7, 11) is 4.07. The second-order valence-electron chi connectivity index (χ2n) is 12.5. The van der Waals surface area contributed by atoms with E-state index in [2.05, 4.69) is 20.2 Å². The summed E-state index contributed by atoms with van der Waals surface area (Å²) < 4.78 is 0. The number of H-pyrrole nitrogens is 1. The van der Waals surface area contributed by atoms with Gasteiger partial charge in [-0.15, -0.1) is 0 Å². The van der Waals surface area contributed by atoms with E-state index in [0.717, 1.165) is 40.7 Å². The number of aromatic amines is 1. The van der Waals surface area contributed by atoms with E-state index in [0.29, 0.717) is 49.5 Å². The zero-order valence-electron chi connectivity index (χ0n) is 25.7. The summed E-state index contributed by atoms with van der Waals surface area (Å²) in [5, 5.41) is 4.84. The van der Waals surface area contributed by atoms with Crippen LogP contribution in [0.5, 0.6) is 0 Å². The van der Waals surface area contributed by atoms with Crippen LogP contribution in [0.1, 0.15) is 34.3 Å². The molecule has 0 bridgehead atoms. The second-order valence-corrected chi connectivity index (χ2v) is 12.9. The fourth-order valence-corrected chi connectivity index (χ4v) is 6.97. The maximum atomic E-state index is 14.6. The summed E-state index contributed by atoms with van der Waals surface area (Å²) in [5.41, 5.74) is 4.39. The van der Waals surface area contributed by atoms with Gasteiger partial charge in [-0.1, -0.05) is 29.8 Å². The molecule has 4 heterocycles. The molecule has 2 aromatic carbocycles. The first kappa shape index (κ1) is 30.8. The number of carbonyl (C=O) groups excluding carboxylic acids is 3. The van der Waals surface area contributed by atoms with Crippen molar-refractivity contribution in [2.75, 3.05) is 45.2 Å². The molecular weight excluding hydrogens is 588 g/mol. The number of aromatic nitrogens is 2. The van der Waals surface area contributed by atoms with Gasteiger partial charge in [-0.2, -0.15) is 0 Å². The topological polar surface area (TPSA) is 102 Å². The van der Waals surface area contributed by atoms with Gasteiger partial charge in [-0.05, 0) is 86.8 Å². The third-order valence-electron chi connectivity index (χ3n) is 8.95. The molecule has 2 aromatic heterocycles. The molecule has 45 heavy (non-hydrogen) atoms. The zero-order chi connectivity index (χ0) is 31.5. The van der Waals surface area contributed by atoms with Crippen molar-refractivity contribution < 1.29 is 14.4 Å². The lowest BCUT2D eigenvalue weighted by molar-refractivity contribution is -0.131. The van der Waals surface area contributed by atoms with Gasteiger partial charge < -0.3 is 25.0 Å². The molecule has 4 aromatic rings. The van der Waals surface area contributed by atoms with E-state index >= 15 is 0 Å². The average Bonchev–Trinajstić information content (AvgIpc) is 3.46. The van der Waals surface area contributed by atoms with E-state index < -0.39 is 6.04 Å². The molecule has 0 spiro atoms. The summed E-state index contributed by atoms with van der Waals surface area (Å²) in [6.07, 6.45) is 7.37. The highest BCUT2D eigenvalue weighted by Gasteiger charge is 2.36. The van der Waals surface area contributed by atoms with Crippen LogP contribution >= 0.6 is 11.6 Å². The predicted molar refractivity (Wildman–Crippen MR) is 176 cm³/mol. The number of likely N-dealkylation sites (tertiary alicyclic amines) is 1. The van der Waals surface area contributed by atoms with E-state index in [9.17, 15) is 14.4 Å². The lowest BCUT2D eigenvalue weighted by atomic mass is 9.90. The van der Waals surface area contributed by atoms with E-state index in [1.54, 1.807) is 29.4 Å². The highest BCUT2D eigenvalue weighted by atomic mass is 35.5. The Hall–Kier alpha value is -4.21. The number of piperidine rings is 1. The molecule has 9 nitrogen and oxygen atoms in total. The van der Waals surface area contributed by atoms with Gasteiger partial charge in [0.2, 0.25) is 11.8 Å². The molecule has 10 heteroatoms. The molecule has 234 valence electrons. The molecule has 2 aliphatic rings. The summed E-state index contributed by atoms with van der Waals surface area (Å²) in [6, 6.07) is 16.4. The third kappa shape index (κ3) is 6.89. The number of halogens is 1. The van der Waals surface area contributed by atoms with Crippen LogP contribution in [0.25, 0.3) is 10.9 Å². The number of hydrogen-bond acceptors (Lipinski definition) is 5. The molecule has 0 aliphatic carbocycles. The highest BCUT2D eigenvalue weighted by molar-refractivity contribution is 6.30. The van der Waals surface area contributed by atoms with Crippen molar-refractivity contribution >= 4 is 45.9 Å². The number of amides is 3. The van der Waals surface area contributed by atoms with Crippen molar-refractivity contribution in [2.45, 2.75) is 31.7 Å². The minimum atomic E-state index is -0.770. The Morgan fingerprint density at radius 1 is 1.09 bits per heavy atom. The maximum absolute atomic E-state index is 14.6. The molecule has 2 aliphatic heterocycles. The maximum Gasteiger partial charge on any atom is 0.255 e. The van der Waals surface area contributed by atoms with Crippen LogP contribution in [0, 0.1) is 11.8 Å². The van der Waals surface area contributed by atoms with E-state index in [1.807, 2.05) is 67.7 Å². The zero-order valence-corrected chi connectivity index (χ0v) is 26.5. The van der Waals surface area contributed by atoms with Crippen LogP contribution in [-0.4, -0.2) is 83.8 Å². The summed E-state index contributed by atoms with van der Waals surface area (Å²) in [4.78, 5) is 54.4. The van der Waals surface area contributed by atoms with Crippen LogP contribution in [0.15, 0.2) is 73.2 Å². The lowest BCUT2D eigenvalue weighted by Gasteiger charge is -2.38. The van der Waals surface area contributed by atoms with Gasteiger partial charge in [0, 0.05) is 78.7 Å². The van der Waals surface area contributed by atoms with E-state index in [-0.39, 0.29) is 29.6 Å². The van der Waals surface area contributed by atoms with Crippen LogP contribution < -0.4 is 10.2 Å². The number of hydrogen-bond donors (Lipinski definition) is 2. The Labute approximate surface area is 268 Å². The smallest absolute Gasteiger partial charge is 0.255 e. The van der Waals surface area contributed by atoms with Crippen LogP contribution in [0.3, 0.4) is 0 Å². The van der Waals surface area contributed by atoms with Crippen LogP contribution in [0.2, 0.25) is 5.02 Å². The third-order valence-corrected chi connectivity index (χ3v) is 9.18. The summed E-state index contributed by atoms with van der Waals surface area (Å²) in [5.74, 6) is -0.439.